The van der Waals surface area contributed by atoms with Crippen LogP contribution in [0.5, 0.6) is 0 Å². The molecule has 1 N–H and O–H groups in total. The summed E-state index contributed by atoms with van der Waals surface area (Å²) in [5.74, 6) is 1.20. The van der Waals surface area contributed by atoms with Crippen LogP contribution in [0, 0.1) is 5.92 Å². The highest BCUT2D eigenvalue weighted by Gasteiger charge is 2.40. The van der Waals surface area contributed by atoms with Gasteiger partial charge in [0.15, 0.2) is 0 Å². The third-order valence-electron chi connectivity index (χ3n) is 5.00. The van der Waals surface area contributed by atoms with E-state index in [2.05, 4.69) is 36.3 Å². The van der Waals surface area contributed by atoms with Crippen molar-refractivity contribution in [2.75, 3.05) is 13.2 Å². The Labute approximate surface area is 122 Å². The normalized spacial score (nSPS) is 30.4. The van der Waals surface area contributed by atoms with E-state index in [-0.39, 0.29) is 0 Å². The van der Waals surface area contributed by atoms with E-state index in [0.29, 0.717) is 24.0 Å². The molecule has 1 fully saturated rings. The van der Waals surface area contributed by atoms with Crippen LogP contribution in [0.4, 0.5) is 0 Å². The number of nitrogens with zero attached hydrogens (tertiary/aromatic N) is 1. The summed E-state index contributed by atoms with van der Waals surface area (Å²) in [6.45, 7) is 6.40. The minimum Gasteiger partial charge on any atom is -0.378 e. The second-order valence-corrected chi connectivity index (χ2v) is 6.05. The molecule has 0 bridgehead atoms. The topological polar surface area (TPSA) is 34.2 Å². The van der Waals surface area contributed by atoms with Gasteiger partial charge in [-0.25, -0.2) is 0 Å². The van der Waals surface area contributed by atoms with Gasteiger partial charge in [-0.3, -0.25) is 4.98 Å². The molecule has 0 saturated carbocycles. The second-order valence-electron chi connectivity index (χ2n) is 6.05. The Morgan fingerprint density at radius 2 is 2.30 bits per heavy atom. The monoisotopic (exact) mass is 274 g/mol. The molecule has 0 amide bonds. The van der Waals surface area contributed by atoms with Crippen LogP contribution < -0.4 is 5.32 Å². The molecule has 2 heterocycles. The van der Waals surface area contributed by atoms with Crippen molar-refractivity contribution in [2.45, 2.75) is 57.6 Å². The van der Waals surface area contributed by atoms with Crippen molar-refractivity contribution >= 4 is 0 Å². The van der Waals surface area contributed by atoms with E-state index in [1.54, 1.807) is 0 Å². The van der Waals surface area contributed by atoms with Gasteiger partial charge in [0.05, 0.1) is 6.10 Å². The Morgan fingerprint density at radius 1 is 1.40 bits per heavy atom. The van der Waals surface area contributed by atoms with Crippen LogP contribution in [0.2, 0.25) is 0 Å². The van der Waals surface area contributed by atoms with Crippen molar-refractivity contribution < 1.29 is 4.74 Å². The first-order valence-corrected chi connectivity index (χ1v) is 8.13. The summed E-state index contributed by atoms with van der Waals surface area (Å²) < 4.78 is 5.93. The molecule has 1 aromatic heterocycles. The highest BCUT2D eigenvalue weighted by atomic mass is 16.5. The summed E-state index contributed by atoms with van der Waals surface area (Å²) >= 11 is 0. The predicted molar refractivity (Wildman–Crippen MR) is 80.9 cm³/mol. The highest BCUT2D eigenvalue weighted by molar-refractivity contribution is 5.30. The number of hydrogen-bond acceptors (Lipinski definition) is 3. The molecule has 1 saturated heterocycles. The van der Waals surface area contributed by atoms with Crippen molar-refractivity contribution in [1.29, 1.82) is 0 Å². The van der Waals surface area contributed by atoms with Crippen LogP contribution in [0.1, 0.15) is 50.3 Å². The molecule has 0 spiro atoms. The van der Waals surface area contributed by atoms with E-state index in [1.165, 1.54) is 30.5 Å². The van der Waals surface area contributed by atoms with Crippen molar-refractivity contribution in [3.8, 4) is 0 Å². The fourth-order valence-electron chi connectivity index (χ4n) is 4.12. The maximum atomic E-state index is 5.93. The largest absolute Gasteiger partial charge is 0.378 e. The minimum absolute atomic E-state index is 0.423. The molecule has 2 aliphatic rings. The molecule has 110 valence electrons. The van der Waals surface area contributed by atoms with Crippen LogP contribution >= 0.6 is 0 Å². The first-order valence-electron chi connectivity index (χ1n) is 8.13. The summed E-state index contributed by atoms with van der Waals surface area (Å²) in [6, 6.07) is 4.83. The number of rotatable bonds is 5. The van der Waals surface area contributed by atoms with Crippen LogP contribution in [-0.2, 0) is 11.2 Å². The zero-order chi connectivity index (χ0) is 13.9. The molecule has 3 nitrogen and oxygen atoms in total. The number of aromatic nitrogens is 1. The van der Waals surface area contributed by atoms with Crippen LogP contribution in [-0.4, -0.2) is 30.3 Å². The van der Waals surface area contributed by atoms with Gasteiger partial charge in [-0.2, -0.15) is 0 Å². The molecule has 3 rings (SSSR count). The van der Waals surface area contributed by atoms with Crippen molar-refractivity contribution in [2.24, 2.45) is 5.92 Å². The molecule has 4 atom stereocenters. The average Bonchev–Trinajstić information content (AvgIpc) is 3.11. The first-order chi connectivity index (χ1) is 9.85. The lowest BCUT2D eigenvalue weighted by molar-refractivity contribution is 0.0740. The van der Waals surface area contributed by atoms with E-state index < -0.39 is 0 Å². The van der Waals surface area contributed by atoms with E-state index >= 15 is 0 Å². The smallest absolute Gasteiger partial charge is 0.0616 e. The maximum absolute atomic E-state index is 5.93. The van der Waals surface area contributed by atoms with Gasteiger partial charge in [0, 0.05) is 36.4 Å². The number of nitrogens with one attached hydrogen (secondary N) is 1. The third-order valence-corrected chi connectivity index (χ3v) is 5.00. The predicted octanol–water partition coefficient (Wildman–Crippen LogP) is 2.90. The van der Waals surface area contributed by atoms with Gasteiger partial charge < -0.3 is 10.1 Å². The molecule has 0 radical (unpaired) electrons. The van der Waals surface area contributed by atoms with E-state index in [0.717, 1.165) is 19.6 Å². The fraction of sp³-hybridized carbons (Fsp3) is 0.706. The highest BCUT2D eigenvalue weighted by Crippen LogP contribution is 2.40. The van der Waals surface area contributed by atoms with Gasteiger partial charge in [-0.1, -0.05) is 19.9 Å². The summed E-state index contributed by atoms with van der Waals surface area (Å²) in [6.07, 6.45) is 7.09. The zero-order valence-corrected chi connectivity index (χ0v) is 12.6. The number of ether oxygens (including phenoxy) is 1. The van der Waals surface area contributed by atoms with E-state index in [4.69, 9.17) is 4.74 Å². The third kappa shape index (κ3) is 2.49. The molecule has 3 heteroatoms. The number of pyridine rings is 1. The quantitative estimate of drug-likeness (QED) is 0.896. The lowest BCUT2D eigenvalue weighted by Crippen LogP contribution is -2.43. The van der Waals surface area contributed by atoms with Gasteiger partial charge in [-0.05, 0) is 43.9 Å². The van der Waals surface area contributed by atoms with E-state index in [1.807, 2.05) is 6.20 Å². The Morgan fingerprint density at radius 3 is 3.10 bits per heavy atom. The maximum Gasteiger partial charge on any atom is 0.0616 e. The Balaban J connectivity index is 1.84. The fourth-order valence-corrected chi connectivity index (χ4v) is 4.12. The lowest BCUT2D eigenvalue weighted by Gasteiger charge is -2.32. The summed E-state index contributed by atoms with van der Waals surface area (Å²) in [5, 5.41) is 3.75. The summed E-state index contributed by atoms with van der Waals surface area (Å²) in [5.41, 5.74) is 2.78. The Kier molecular flexibility index (Phi) is 4.37. The van der Waals surface area contributed by atoms with Gasteiger partial charge in [0.2, 0.25) is 0 Å². The number of aryl methyl sites for hydroxylation is 1. The van der Waals surface area contributed by atoms with Crippen LogP contribution in [0.3, 0.4) is 0 Å². The van der Waals surface area contributed by atoms with Gasteiger partial charge in [0.1, 0.15) is 0 Å². The zero-order valence-electron chi connectivity index (χ0n) is 12.6. The number of likely N-dealkylation sites (N-methyl/N-ethyl adjacent to an activating group) is 1. The Bertz CT molecular complexity index is 448. The standard InChI is InChI=1S/C17H26N2O/c1-3-15-13(9-11-20-15)17(18-4-2)14-8-7-12-6-5-10-19-16(12)14/h5-6,10,13-15,17-18H,3-4,7-9,11H2,1-2H3. The molecule has 1 aliphatic carbocycles. The first kappa shape index (κ1) is 14.0. The molecule has 1 aromatic rings. The summed E-state index contributed by atoms with van der Waals surface area (Å²) in [7, 11) is 0. The lowest BCUT2D eigenvalue weighted by atomic mass is 9.81. The van der Waals surface area contributed by atoms with E-state index in [9.17, 15) is 0 Å². The Hall–Kier alpha value is -0.930. The number of hydrogen-bond donors (Lipinski definition) is 1. The van der Waals surface area contributed by atoms with Crippen molar-refractivity contribution in [3.05, 3.63) is 29.6 Å². The molecule has 20 heavy (non-hydrogen) atoms. The molecular formula is C17H26N2O. The minimum atomic E-state index is 0.423. The van der Waals surface area contributed by atoms with Crippen LogP contribution in [0.25, 0.3) is 0 Å². The molecule has 4 unspecified atom stereocenters. The van der Waals surface area contributed by atoms with Crippen molar-refractivity contribution in [1.82, 2.24) is 10.3 Å². The van der Waals surface area contributed by atoms with Gasteiger partial charge in [-0.15, -0.1) is 0 Å². The molecular weight excluding hydrogens is 248 g/mol. The van der Waals surface area contributed by atoms with Gasteiger partial charge in [0.25, 0.3) is 0 Å². The second kappa shape index (κ2) is 6.23. The SMILES string of the molecule is CCNC(C1CCc2cccnc21)C1CCOC1CC. The van der Waals surface area contributed by atoms with Gasteiger partial charge >= 0.3 is 0 Å². The average molecular weight is 274 g/mol. The molecule has 0 aromatic carbocycles. The summed E-state index contributed by atoms with van der Waals surface area (Å²) in [4.78, 5) is 4.69. The van der Waals surface area contributed by atoms with Crippen molar-refractivity contribution in [3.63, 3.8) is 0 Å². The van der Waals surface area contributed by atoms with Crippen LogP contribution in [0.15, 0.2) is 18.3 Å². The number of fused-ring (bicyclic) bond motifs is 1. The molecule has 1 aliphatic heterocycles.